The SMILES string of the molecule is CNC1C=CC(Nc2nc(Nc3cc(-c4ccccc4)[nH]n3)nc(N3CCN(C)CC3)n2)=CC1. The molecule has 1 atom stereocenters. The first-order chi connectivity index (χ1) is 16.7. The summed E-state index contributed by atoms with van der Waals surface area (Å²) in [5, 5.41) is 17.3. The quantitative estimate of drug-likeness (QED) is 0.425. The van der Waals surface area contributed by atoms with Crippen LogP contribution < -0.4 is 20.9 Å². The fourth-order valence-electron chi connectivity index (χ4n) is 3.95. The molecule has 1 saturated heterocycles. The molecule has 0 amide bonds. The Labute approximate surface area is 199 Å². The van der Waals surface area contributed by atoms with E-state index in [1.807, 2.05) is 43.4 Å². The Hall–Kier alpha value is -3.76. The summed E-state index contributed by atoms with van der Waals surface area (Å²) in [6.45, 7) is 3.67. The van der Waals surface area contributed by atoms with Gasteiger partial charge in [-0.1, -0.05) is 42.5 Å². The van der Waals surface area contributed by atoms with E-state index in [0.717, 1.165) is 49.6 Å². The van der Waals surface area contributed by atoms with E-state index in [1.54, 1.807) is 0 Å². The molecule has 0 saturated carbocycles. The van der Waals surface area contributed by atoms with Crippen LogP contribution >= 0.6 is 0 Å². The molecule has 0 spiro atoms. The molecule has 1 aliphatic heterocycles. The van der Waals surface area contributed by atoms with Crippen molar-refractivity contribution in [1.29, 1.82) is 0 Å². The first kappa shape index (κ1) is 22.1. The molecule has 2 aliphatic rings. The minimum absolute atomic E-state index is 0.348. The number of aromatic nitrogens is 5. The lowest BCUT2D eigenvalue weighted by atomic mass is 10.1. The second-order valence-electron chi connectivity index (χ2n) is 8.51. The molecule has 1 aromatic carbocycles. The third-order valence-electron chi connectivity index (χ3n) is 6.04. The summed E-state index contributed by atoms with van der Waals surface area (Å²) in [7, 11) is 4.10. The maximum absolute atomic E-state index is 4.73. The van der Waals surface area contributed by atoms with Crippen LogP contribution in [0, 0.1) is 0 Å². The number of rotatable bonds is 7. The van der Waals surface area contributed by atoms with Crippen molar-refractivity contribution in [3.63, 3.8) is 0 Å². The van der Waals surface area contributed by atoms with Gasteiger partial charge in [-0.25, -0.2) is 0 Å². The first-order valence-electron chi connectivity index (χ1n) is 11.6. The number of H-pyrrole nitrogens is 1. The second-order valence-corrected chi connectivity index (χ2v) is 8.51. The van der Waals surface area contributed by atoms with Crippen LogP contribution in [0.15, 0.2) is 60.3 Å². The van der Waals surface area contributed by atoms with Crippen molar-refractivity contribution in [3.05, 3.63) is 60.3 Å². The van der Waals surface area contributed by atoms with Crippen LogP contribution in [0.3, 0.4) is 0 Å². The van der Waals surface area contributed by atoms with Crippen LogP contribution in [0.5, 0.6) is 0 Å². The van der Waals surface area contributed by atoms with E-state index in [1.165, 1.54) is 0 Å². The Morgan fingerprint density at radius 3 is 2.44 bits per heavy atom. The summed E-state index contributed by atoms with van der Waals surface area (Å²) in [6, 6.07) is 12.4. The van der Waals surface area contributed by atoms with Gasteiger partial charge in [0.25, 0.3) is 0 Å². The van der Waals surface area contributed by atoms with Gasteiger partial charge in [-0.15, -0.1) is 0 Å². The molecular weight excluding hydrogens is 428 g/mol. The molecule has 10 nitrogen and oxygen atoms in total. The molecule has 1 unspecified atom stereocenters. The summed E-state index contributed by atoms with van der Waals surface area (Å²) < 4.78 is 0. The van der Waals surface area contributed by atoms with Gasteiger partial charge in [0.15, 0.2) is 5.82 Å². The molecule has 176 valence electrons. The standard InChI is InChI=1S/C24H30N10/c1-25-18-8-10-19(11-9-18)26-22-28-23(30-24(29-22)34-14-12-33(2)13-15-34)27-21-16-20(31-32-21)17-6-4-3-5-7-17/h3-8,10-11,16,18,25H,9,12-15H2,1-2H3,(H3,26,27,28,29,30,31,32). The number of nitrogens with zero attached hydrogens (tertiary/aromatic N) is 6. The van der Waals surface area contributed by atoms with Gasteiger partial charge in [0.2, 0.25) is 17.8 Å². The minimum Gasteiger partial charge on any atom is -0.338 e. The lowest BCUT2D eigenvalue weighted by Crippen LogP contribution is -2.45. The van der Waals surface area contributed by atoms with Crippen molar-refractivity contribution >= 4 is 23.7 Å². The van der Waals surface area contributed by atoms with Crippen molar-refractivity contribution < 1.29 is 0 Å². The van der Waals surface area contributed by atoms with Gasteiger partial charge in [0.1, 0.15) is 0 Å². The maximum atomic E-state index is 4.73. The lowest BCUT2D eigenvalue weighted by Gasteiger charge is -2.32. The number of anilines is 4. The van der Waals surface area contributed by atoms with Gasteiger partial charge >= 0.3 is 0 Å². The second kappa shape index (κ2) is 10.0. The summed E-state index contributed by atoms with van der Waals surface area (Å²) >= 11 is 0. The van der Waals surface area contributed by atoms with Crippen molar-refractivity contribution in [2.24, 2.45) is 0 Å². The van der Waals surface area contributed by atoms with Crippen LogP contribution in [0.4, 0.5) is 23.7 Å². The van der Waals surface area contributed by atoms with Crippen molar-refractivity contribution in [1.82, 2.24) is 35.4 Å². The number of allylic oxidation sites excluding steroid dienone is 1. The normalized spacial score (nSPS) is 18.6. The van der Waals surface area contributed by atoms with E-state index >= 15 is 0 Å². The Kier molecular flexibility index (Phi) is 6.50. The Morgan fingerprint density at radius 2 is 1.74 bits per heavy atom. The largest absolute Gasteiger partial charge is 0.338 e. The maximum Gasteiger partial charge on any atom is 0.235 e. The summed E-state index contributed by atoms with van der Waals surface area (Å²) in [5.74, 6) is 2.25. The zero-order valence-electron chi connectivity index (χ0n) is 19.5. The Balaban J connectivity index is 1.39. The molecule has 10 heteroatoms. The number of hydrogen-bond acceptors (Lipinski definition) is 9. The Morgan fingerprint density at radius 1 is 0.971 bits per heavy atom. The molecule has 3 heterocycles. The van der Waals surface area contributed by atoms with Crippen LogP contribution in [0.25, 0.3) is 11.3 Å². The monoisotopic (exact) mass is 458 g/mol. The molecule has 3 aromatic rings. The molecular formula is C24H30N10. The third kappa shape index (κ3) is 5.24. The highest BCUT2D eigenvalue weighted by Gasteiger charge is 2.19. The molecule has 1 fully saturated rings. The summed E-state index contributed by atoms with van der Waals surface area (Å²) in [5.41, 5.74) is 2.96. The van der Waals surface area contributed by atoms with E-state index in [9.17, 15) is 0 Å². The van der Waals surface area contributed by atoms with Crippen LogP contribution in [0.1, 0.15) is 6.42 Å². The smallest absolute Gasteiger partial charge is 0.235 e. The molecule has 0 radical (unpaired) electrons. The number of likely N-dealkylation sites (N-methyl/N-ethyl adjacent to an activating group) is 2. The molecule has 0 bridgehead atoms. The van der Waals surface area contributed by atoms with E-state index in [-0.39, 0.29) is 0 Å². The average molecular weight is 459 g/mol. The van der Waals surface area contributed by atoms with E-state index in [4.69, 9.17) is 9.97 Å². The van der Waals surface area contributed by atoms with E-state index in [2.05, 4.69) is 66.2 Å². The molecule has 4 N–H and O–H groups in total. The number of hydrogen-bond donors (Lipinski definition) is 4. The highest BCUT2D eigenvalue weighted by molar-refractivity contribution is 5.64. The topological polar surface area (TPSA) is 110 Å². The summed E-state index contributed by atoms with van der Waals surface area (Å²) in [4.78, 5) is 18.6. The zero-order chi connectivity index (χ0) is 23.3. The number of nitrogens with one attached hydrogen (secondary N) is 4. The van der Waals surface area contributed by atoms with Gasteiger partial charge in [-0.3, -0.25) is 5.10 Å². The van der Waals surface area contributed by atoms with E-state index < -0.39 is 0 Å². The first-order valence-corrected chi connectivity index (χ1v) is 11.6. The van der Waals surface area contributed by atoms with Gasteiger partial charge in [-0.2, -0.15) is 20.1 Å². The van der Waals surface area contributed by atoms with E-state index in [0.29, 0.717) is 29.7 Å². The highest BCUT2D eigenvalue weighted by atomic mass is 15.4. The minimum atomic E-state index is 0.348. The van der Waals surface area contributed by atoms with Crippen molar-refractivity contribution in [2.45, 2.75) is 12.5 Å². The molecule has 1 aliphatic carbocycles. The van der Waals surface area contributed by atoms with Crippen LogP contribution in [0.2, 0.25) is 0 Å². The number of aromatic amines is 1. The van der Waals surface area contributed by atoms with Crippen molar-refractivity contribution in [2.75, 3.05) is 55.8 Å². The molecule has 2 aromatic heterocycles. The lowest BCUT2D eigenvalue weighted by molar-refractivity contribution is 0.311. The molecule has 5 rings (SSSR count). The van der Waals surface area contributed by atoms with Crippen LogP contribution in [-0.4, -0.2) is 76.4 Å². The van der Waals surface area contributed by atoms with Gasteiger partial charge in [0.05, 0.1) is 5.69 Å². The molecule has 34 heavy (non-hydrogen) atoms. The highest BCUT2D eigenvalue weighted by Crippen LogP contribution is 2.23. The predicted octanol–water partition coefficient (Wildman–Crippen LogP) is 2.60. The van der Waals surface area contributed by atoms with Crippen LogP contribution in [-0.2, 0) is 0 Å². The predicted molar refractivity (Wildman–Crippen MR) is 135 cm³/mol. The Bertz CT molecular complexity index is 1160. The third-order valence-corrected chi connectivity index (χ3v) is 6.04. The zero-order valence-corrected chi connectivity index (χ0v) is 19.5. The van der Waals surface area contributed by atoms with Gasteiger partial charge in [0, 0.05) is 44.0 Å². The van der Waals surface area contributed by atoms with Gasteiger partial charge < -0.3 is 25.8 Å². The fourth-order valence-corrected chi connectivity index (χ4v) is 3.95. The number of benzene rings is 1. The average Bonchev–Trinajstić information content (AvgIpc) is 3.34. The van der Waals surface area contributed by atoms with Gasteiger partial charge in [-0.05, 0) is 32.2 Å². The number of piperazine rings is 1. The fraction of sp³-hybridized carbons (Fsp3) is 0.333. The summed E-state index contributed by atoms with van der Waals surface area (Å²) in [6.07, 6.45) is 7.25. The van der Waals surface area contributed by atoms with Crippen molar-refractivity contribution in [3.8, 4) is 11.3 Å².